The van der Waals surface area contributed by atoms with Crippen LogP contribution >= 0.6 is 0 Å². The van der Waals surface area contributed by atoms with Gasteiger partial charge < -0.3 is 14.9 Å². The lowest BCUT2D eigenvalue weighted by Crippen LogP contribution is -2.38. The number of para-hydroxylation sites is 1. The summed E-state index contributed by atoms with van der Waals surface area (Å²) in [6.45, 7) is -0.161. The second-order valence-corrected chi connectivity index (χ2v) is 4.25. The van der Waals surface area contributed by atoms with Crippen LogP contribution in [0.3, 0.4) is 0 Å². The van der Waals surface area contributed by atoms with E-state index in [-0.39, 0.29) is 13.0 Å². The maximum Gasteiger partial charge on any atom is 0.202 e. The Hall–Kier alpha value is -1.84. The Morgan fingerprint density at radius 3 is 2.00 bits per heavy atom. The summed E-state index contributed by atoms with van der Waals surface area (Å²) in [5.41, 5.74) is 0.860. The topological polar surface area (TPSA) is 49.7 Å². The lowest BCUT2D eigenvalue weighted by atomic mass is 10.1. The van der Waals surface area contributed by atoms with Crippen LogP contribution < -0.4 is 4.74 Å². The zero-order chi connectivity index (χ0) is 12.8. The fourth-order valence-electron chi connectivity index (χ4n) is 1.69. The zero-order valence-corrected chi connectivity index (χ0v) is 9.99. The molecule has 2 aromatic carbocycles. The van der Waals surface area contributed by atoms with E-state index >= 15 is 0 Å². The fraction of sp³-hybridized carbons (Fsp3) is 0.200. The summed E-state index contributed by atoms with van der Waals surface area (Å²) in [7, 11) is 0. The van der Waals surface area contributed by atoms with E-state index in [1.165, 1.54) is 0 Å². The van der Waals surface area contributed by atoms with Gasteiger partial charge >= 0.3 is 0 Å². The van der Waals surface area contributed by atoms with Crippen LogP contribution in [0.4, 0.5) is 0 Å². The maximum atomic E-state index is 9.86. The summed E-state index contributed by atoms with van der Waals surface area (Å²) in [4.78, 5) is 0. The molecule has 0 aromatic heterocycles. The first-order valence-electron chi connectivity index (χ1n) is 5.82. The standard InChI is InChI=1S/C15H16O3/c16-15(17,11-13-7-3-1-4-8-13)12-18-14-9-5-2-6-10-14/h1-10,16-17H,11-12H2. The predicted molar refractivity (Wildman–Crippen MR) is 69.3 cm³/mol. The molecule has 0 spiro atoms. The summed E-state index contributed by atoms with van der Waals surface area (Å²) in [5, 5.41) is 19.7. The van der Waals surface area contributed by atoms with Crippen molar-refractivity contribution in [3.8, 4) is 5.75 Å². The molecule has 3 nitrogen and oxygen atoms in total. The highest BCUT2D eigenvalue weighted by Crippen LogP contribution is 2.14. The van der Waals surface area contributed by atoms with Gasteiger partial charge in [-0.1, -0.05) is 48.5 Å². The van der Waals surface area contributed by atoms with Crippen molar-refractivity contribution in [2.24, 2.45) is 0 Å². The maximum absolute atomic E-state index is 9.86. The SMILES string of the molecule is OC(O)(COc1ccccc1)Cc1ccccc1. The number of rotatable bonds is 5. The van der Waals surface area contributed by atoms with Crippen molar-refractivity contribution in [2.45, 2.75) is 12.2 Å². The number of hydrogen-bond donors (Lipinski definition) is 2. The molecule has 0 heterocycles. The van der Waals surface area contributed by atoms with Crippen LogP contribution in [0.1, 0.15) is 5.56 Å². The van der Waals surface area contributed by atoms with Crippen LogP contribution in [0, 0.1) is 0 Å². The van der Waals surface area contributed by atoms with E-state index in [2.05, 4.69) is 0 Å². The van der Waals surface area contributed by atoms with E-state index in [4.69, 9.17) is 4.74 Å². The Bertz CT molecular complexity index is 466. The fourth-order valence-corrected chi connectivity index (χ4v) is 1.69. The van der Waals surface area contributed by atoms with Crippen molar-refractivity contribution >= 4 is 0 Å². The zero-order valence-electron chi connectivity index (χ0n) is 9.99. The number of benzene rings is 2. The van der Waals surface area contributed by atoms with Gasteiger partial charge in [-0.05, 0) is 17.7 Å². The molecule has 94 valence electrons. The predicted octanol–water partition coefficient (Wildman–Crippen LogP) is 1.99. The molecule has 0 aliphatic carbocycles. The van der Waals surface area contributed by atoms with Crippen LogP contribution in [0.15, 0.2) is 60.7 Å². The van der Waals surface area contributed by atoms with Crippen LogP contribution in [0.2, 0.25) is 0 Å². The van der Waals surface area contributed by atoms with Crippen molar-refractivity contribution in [3.63, 3.8) is 0 Å². The molecule has 3 heteroatoms. The molecule has 0 atom stereocenters. The number of ether oxygens (including phenoxy) is 1. The third-order valence-electron chi connectivity index (χ3n) is 2.54. The van der Waals surface area contributed by atoms with Gasteiger partial charge in [0.15, 0.2) is 0 Å². The molecule has 0 unspecified atom stereocenters. The van der Waals surface area contributed by atoms with Crippen LogP contribution in [0.5, 0.6) is 5.75 Å². The Labute approximate surface area is 106 Å². The van der Waals surface area contributed by atoms with E-state index in [1.54, 1.807) is 12.1 Å². The minimum Gasteiger partial charge on any atom is -0.488 e. The monoisotopic (exact) mass is 244 g/mol. The second-order valence-electron chi connectivity index (χ2n) is 4.25. The Morgan fingerprint density at radius 1 is 0.833 bits per heavy atom. The molecule has 2 aromatic rings. The smallest absolute Gasteiger partial charge is 0.202 e. The minimum atomic E-state index is -1.86. The van der Waals surface area contributed by atoms with Gasteiger partial charge in [0.1, 0.15) is 12.4 Å². The van der Waals surface area contributed by atoms with Gasteiger partial charge in [-0.3, -0.25) is 0 Å². The molecule has 0 fully saturated rings. The highest BCUT2D eigenvalue weighted by Gasteiger charge is 2.24. The summed E-state index contributed by atoms with van der Waals surface area (Å²) in [5.74, 6) is -1.24. The summed E-state index contributed by atoms with van der Waals surface area (Å²) < 4.78 is 5.34. The number of hydrogen-bond acceptors (Lipinski definition) is 3. The van der Waals surface area contributed by atoms with Gasteiger partial charge in [-0.25, -0.2) is 0 Å². The van der Waals surface area contributed by atoms with Crippen molar-refractivity contribution in [1.82, 2.24) is 0 Å². The summed E-state index contributed by atoms with van der Waals surface area (Å²) in [6, 6.07) is 18.4. The molecule has 0 amide bonds. The van der Waals surface area contributed by atoms with E-state index < -0.39 is 5.79 Å². The van der Waals surface area contributed by atoms with Crippen LogP contribution in [0.25, 0.3) is 0 Å². The molecule has 0 radical (unpaired) electrons. The van der Waals surface area contributed by atoms with E-state index in [9.17, 15) is 10.2 Å². The normalized spacial score (nSPS) is 11.2. The molecule has 2 N–H and O–H groups in total. The van der Waals surface area contributed by atoms with Gasteiger partial charge in [0.25, 0.3) is 0 Å². The second kappa shape index (κ2) is 5.67. The van der Waals surface area contributed by atoms with Crippen molar-refractivity contribution in [2.75, 3.05) is 6.61 Å². The third-order valence-corrected chi connectivity index (χ3v) is 2.54. The first kappa shape index (κ1) is 12.6. The van der Waals surface area contributed by atoms with Gasteiger partial charge in [0.05, 0.1) is 0 Å². The van der Waals surface area contributed by atoms with E-state index in [1.807, 2.05) is 48.5 Å². The largest absolute Gasteiger partial charge is 0.488 e. The highest BCUT2D eigenvalue weighted by molar-refractivity contribution is 5.21. The molecule has 0 aliphatic heterocycles. The van der Waals surface area contributed by atoms with Crippen LogP contribution in [-0.2, 0) is 6.42 Å². The summed E-state index contributed by atoms with van der Waals surface area (Å²) >= 11 is 0. The Balaban J connectivity index is 1.91. The van der Waals surface area contributed by atoms with Crippen molar-refractivity contribution in [3.05, 3.63) is 66.2 Å². The molecule has 18 heavy (non-hydrogen) atoms. The molecule has 0 aliphatic rings. The molecule has 0 saturated carbocycles. The highest BCUT2D eigenvalue weighted by atomic mass is 16.6. The Kier molecular flexibility index (Phi) is 3.97. The van der Waals surface area contributed by atoms with Gasteiger partial charge in [0, 0.05) is 6.42 Å². The first-order valence-corrected chi connectivity index (χ1v) is 5.82. The minimum absolute atomic E-state index is 0.140. The molecule has 0 saturated heterocycles. The van der Waals surface area contributed by atoms with Crippen molar-refractivity contribution in [1.29, 1.82) is 0 Å². The summed E-state index contributed by atoms with van der Waals surface area (Å²) in [6.07, 6.45) is 0.140. The third kappa shape index (κ3) is 3.87. The van der Waals surface area contributed by atoms with E-state index in [0.717, 1.165) is 5.56 Å². The van der Waals surface area contributed by atoms with E-state index in [0.29, 0.717) is 5.75 Å². The van der Waals surface area contributed by atoms with Crippen molar-refractivity contribution < 1.29 is 14.9 Å². The van der Waals surface area contributed by atoms with Crippen LogP contribution in [-0.4, -0.2) is 22.6 Å². The van der Waals surface area contributed by atoms with Gasteiger partial charge in [-0.2, -0.15) is 0 Å². The average molecular weight is 244 g/mol. The molecular formula is C15H16O3. The Morgan fingerprint density at radius 2 is 1.39 bits per heavy atom. The van der Waals surface area contributed by atoms with Gasteiger partial charge in [-0.15, -0.1) is 0 Å². The van der Waals surface area contributed by atoms with Gasteiger partial charge in [0.2, 0.25) is 5.79 Å². The molecular weight excluding hydrogens is 228 g/mol. The lowest BCUT2D eigenvalue weighted by Gasteiger charge is -2.22. The molecule has 0 bridgehead atoms. The number of aliphatic hydroxyl groups is 2. The quantitative estimate of drug-likeness (QED) is 0.791. The first-order chi connectivity index (χ1) is 8.66. The molecule has 2 rings (SSSR count). The lowest BCUT2D eigenvalue weighted by molar-refractivity contribution is -0.179. The average Bonchev–Trinajstić information content (AvgIpc) is 2.38.